The van der Waals surface area contributed by atoms with E-state index in [0.717, 1.165) is 5.56 Å². The SMILES string of the molecule is O=C(CCC(=O)[N@@+]1(C(=O)OCc2ccccc2)CCNCC1C(=O)O)NOCc1ccccc1. The average Bonchev–Trinajstić information content (AvgIpc) is 2.86. The van der Waals surface area contributed by atoms with Gasteiger partial charge in [0.2, 0.25) is 11.9 Å². The smallest absolute Gasteiger partial charge is 0.477 e. The molecule has 10 heteroatoms. The minimum atomic E-state index is -1.36. The van der Waals surface area contributed by atoms with Crippen molar-refractivity contribution in [2.24, 2.45) is 0 Å². The Balaban J connectivity index is 1.63. The maximum absolute atomic E-state index is 13.2. The average molecular weight is 471 g/mol. The maximum Gasteiger partial charge on any atom is 0.524 e. The van der Waals surface area contributed by atoms with E-state index < -0.39 is 34.4 Å². The number of carbonyl (C=O) groups is 4. The highest BCUT2D eigenvalue weighted by atomic mass is 16.6. The van der Waals surface area contributed by atoms with Crippen LogP contribution in [0.15, 0.2) is 60.7 Å². The van der Waals surface area contributed by atoms with Gasteiger partial charge in [-0.15, -0.1) is 4.48 Å². The lowest BCUT2D eigenvalue weighted by Crippen LogP contribution is -2.72. The molecule has 1 heterocycles. The third-order valence-corrected chi connectivity index (χ3v) is 5.61. The Morgan fingerprint density at radius 3 is 2.18 bits per heavy atom. The standard InChI is InChI=1S/C24H27N3O7/c28-21(26-34-17-19-9-5-2-6-10-19)11-12-22(29)27(14-13-25-15-20(27)23(30)31)24(32)33-16-18-7-3-1-4-8-18/h1-10,20,25H,11-17H2,(H-,26,28,30,31)/p+1/t20?,27-/m1/s1. The van der Waals surface area contributed by atoms with Gasteiger partial charge in [0.1, 0.15) is 13.2 Å². The number of amides is 3. The van der Waals surface area contributed by atoms with Crippen molar-refractivity contribution in [1.82, 2.24) is 10.8 Å². The summed E-state index contributed by atoms with van der Waals surface area (Å²) in [5.74, 6) is -2.54. The van der Waals surface area contributed by atoms with Crippen LogP contribution in [-0.4, -0.2) is 59.1 Å². The first kappa shape index (κ1) is 25.0. The van der Waals surface area contributed by atoms with Crippen molar-refractivity contribution in [3.8, 4) is 0 Å². The molecule has 3 rings (SSSR count). The summed E-state index contributed by atoms with van der Waals surface area (Å²) < 4.78 is 4.38. The monoisotopic (exact) mass is 470 g/mol. The van der Waals surface area contributed by atoms with Crippen LogP contribution in [0.4, 0.5) is 4.79 Å². The third kappa shape index (κ3) is 6.25. The van der Waals surface area contributed by atoms with Gasteiger partial charge in [-0.3, -0.25) is 9.63 Å². The highest BCUT2D eigenvalue weighted by Gasteiger charge is 2.57. The lowest BCUT2D eigenvalue weighted by Gasteiger charge is -2.39. The van der Waals surface area contributed by atoms with Gasteiger partial charge in [-0.1, -0.05) is 60.7 Å². The molecule has 1 aliphatic heterocycles. The third-order valence-electron chi connectivity index (χ3n) is 5.61. The molecular formula is C24H28N3O7+. The summed E-state index contributed by atoms with van der Waals surface area (Å²) in [6.45, 7) is 0.144. The van der Waals surface area contributed by atoms with Crippen molar-refractivity contribution < 1.29 is 38.3 Å². The van der Waals surface area contributed by atoms with Gasteiger partial charge in [0.05, 0.1) is 19.6 Å². The molecule has 3 N–H and O–H groups in total. The van der Waals surface area contributed by atoms with Gasteiger partial charge in [0.25, 0.3) is 0 Å². The van der Waals surface area contributed by atoms with Crippen LogP contribution in [0.3, 0.4) is 0 Å². The zero-order chi connectivity index (χ0) is 24.4. The number of piperazine rings is 1. The second-order valence-electron chi connectivity index (χ2n) is 7.88. The Morgan fingerprint density at radius 1 is 0.941 bits per heavy atom. The molecular weight excluding hydrogens is 442 g/mol. The predicted molar refractivity (Wildman–Crippen MR) is 120 cm³/mol. The van der Waals surface area contributed by atoms with E-state index in [2.05, 4.69) is 10.8 Å². The second kappa shape index (κ2) is 12.0. The van der Waals surface area contributed by atoms with Crippen molar-refractivity contribution in [3.05, 3.63) is 71.8 Å². The fourth-order valence-electron chi connectivity index (χ4n) is 3.78. The van der Waals surface area contributed by atoms with Gasteiger partial charge in [-0.2, -0.15) is 4.79 Å². The largest absolute Gasteiger partial charge is 0.524 e. The summed E-state index contributed by atoms with van der Waals surface area (Å²) >= 11 is 0. The topological polar surface area (TPSA) is 131 Å². The molecule has 0 saturated carbocycles. The number of rotatable bonds is 9. The Labute approximate surface area is 197 Å². The number of carboxylic acids is 1. The van der Waals surface area contributed by atoms with Crippen molar-refractivity contribution in [2.75, 3.05) is 19.6 Å². The van der Waals surface area contributed by atoms with Crippen LogP contribution in [0, 0.1) is 0 Å². The van der Waals surface area contributed by atoms with E-state index in [1.54, 1.807) is 24.3 Å². The number of carboxylic acid groups (broad SMARTS) is 1. The van der Waals surface area contributed by atoms with Crippen LogP contribution >= 0.6 is 0 Å². The molecule has 180 valence electrons. The van der Waals surface area contributed by atoms with E-state index in [0.29, 0.717) is 5.56 Å². The number of hydroxylamine groups is 1. The van der Waals surface area contributed by atoms with Crippen LogP contribution in [0.1, 0.15) is 24.0 Å². The van der Waals surface area contributed by atoms with Crippen molar-refractivity contribution >= 4 is 23.9 Å². The van der Waals surface area contributed by atoms with E-state index in [1.165, 1.54) is 0 Å². The van der Waals surface area contributed by atoms with Gasteiger partial charge in [0.15, 0.2) is 0 Å². The van der Waals surface area contributed by atoms with Crippen LogP contribution in [0.25, 0.3) is 0 Å². The van der Waals surface area contributed by atoms with Crippen LogP contribution in [-0.2, 0) is 37.2 Å². The molecule has 1 saturated heterocycles. The lowest BCUT2D eigenvalue weighted by molar-refractivity contribution is -0.803. The van der Waals surface area contributed by atoms with E-state index in [4.69, 9.17) is 9.57 Å². The van der Waals surface area contributed by atoms with E-state index in [1.807, 2.05) is 36.4 Å². The quantitative estimate of drug-likeness (QED) is 0.373. The number of hydrogen-bond acceptors (Lipinski definition) is 7. The van der Waals surface area contributed by atoms with E-state index in [-0.39, 0.29) is 45.7 Å². The summed E-state index contributed by atoms with van der Waals surface area (Å²) in [4.78, 5) is 55.7. The molecule has 3 amide bonds. The molecule has 0 spiro atoms. The molecule has 0 bridgehead atoms. The fraction of sp³-hybridized carbons (Fsp3) is 0.333. The first-order valence-corrected chi connectivity index (χ1v) is 10.9. The van der Waals surface area contributed by atoms with E-state index in [9.17, 15) is 24.3 Å². The molecule has 0 radical (unpaired) electrons. The number of benzene rings is 2. The summed E-state index contributed by atoms with van der Waals surface area (Å²) in [6, 6.07) is 16.7. The zero-order valence-electron chi connectivity index (χ0n) is 18.6. The first-order chi connectivity index (χ1) is 16.4. The van der Waals surface area contributed by atoms with Crippen LogP contribution < -0.4 is 10.8 Å². The molecule has 2 aromatic rings. The van der Waals surface area contributed by atoms with Crippen molar-refractivity contribution in [2.45, 2.75) is 32.1 Å². The first-order valence-electron chi connectivity index (χ1n) is 10.9. The number of hydrogen-bond donors (Lipinski definition) is 3. The van der Waals surface area contributed by atoms with Gasteiger partial charge >= 0.3 is 18.0 Å². The molecule has 0 aromatic heterocycles. The summed E-state index contributed by atoms with van der Waals surface area (Å²) in [5.41, 5.74) is 3.83. The number of aliphatic carboxylic acids is 1. The Hall–Kier alpha value is -3.60. The molecule has 34 heavy (non-hydrogen) atoms. The predicted octanol–water partition coefficient (Wildman–Crippen LogP) is 1.75. The van der Waals surface area contributed by atoms with Gasteiger partial charge in [0, 0.05) is 13.0 Å². The van der Waals surface area contributed by atoms with Crippen LogP contribution in [0.2, 0.25) is 0 Å². The second-order valence-corrected chi connectivity index (χ2v) is 7.88. The summed E-state index contributed by atoms with van der Waals surface area (Å²) in [6.07, 6.45) is -1.55. The molecule has 0 aliphatic carbocycles. The number of carbonyl (C=O) groups excluding carboxylic acids is 3. The molecule has 10 nitrogen and oxygen atoms in total. The Bertz CT molecular complexity index is 1000. The number of quaternary nitrogens is 1. The minimum Gasteiger partial charge on any atom is -0.477 e. The number of nitrogens with zero attached hydrogens (tertiary/aromatic N) is 1. The van der Waals surface area contributed by atoms with Gasteiger partial charge in [-0.05, 0) is 11.1 Å². The van der Waals surface area contributed by atoms with Gasteiger partial charge in [-0.25, -0.2) is 15.1 Å². The van der Waals surface area contributed by atoms with Crippen LogP contribution in [0.5, 0.6) is 0 Å². The Kier molecular flexibility index (Phi) is 8.86. The normalized spacial score (nSPS) is 19.7. The van der Waals surface area contributed by atoms with Gasteiger partial charge < -0.3 is 15.2 Å². The minimum absolute atomic E-state index is 0.0755. The highest BCUT2D eigenvalue weighted by molar-refractivity contribution is 5.88. The summed E-state index contributed by atoms with van der Waals surface area (Å²) in [5, 5.41) is 12.7. The molecule has 1 aliphatic rings. The van der Waals surface area contributed by atoms with Crippen molar-refractivity contribution in [3.63, 3.8) is 0 Å². The number of ether oxygens (including phenoxy) is 1. The number of imide groups is 1. The number of nitrogens with one attached hydrogen (secondary N) is 2. The van der Waals surface area contributed by atoms with Crippen molar-refractivity contribution in [1.29, 1.82) is 0 Å². The summed E-state index contributed by atoms with van der Waals surface area (Å²) in [7, 11) is 0. The molecule has 2 atom stereocenters. The zero-order valence-corrected chi connectivity index (χ0v) is 18.6. The molecule has 1 fully saturated rings. The maximum atomic E-state index is 13.2. The highest BCUT2D eigenvalue weighted by Crippen LogP contribution is 2.23. The van der Waals surface area contributed by atoms with E-state index >= 15 is 0 Å². The lowest BCUT2D eigenvalue weighted by atomic mass is 10.1. The fourth-order valence-corrected chi connectivity index (χ4v) is 3.78. The molecule has 2 aromatic carbocycles. The Morgan fingerprint density at radius 2 is 1.56 bits per heavy atom. The molecule has 1 unspecified atom stereocenters.